The second kappa shape index (κ2) is 5.66. The summed E-state index contributed by atoms with van der Waals surface area (Å²) in [6.07, 6.45) is 0. The van der Waals surface area contributed by atoms with Crippen molar-refractivity contribution in [2.24, 2.45) is 0 Å². The van der Waals surface area contributed by atoms with Gasteiger partial charge in [-0.15, -0.1) is 11.3 Å². The maximum Gasteiger partial charge on any atom is 0.107 e. The quantitative estimate of drug-likeness (QED) is 0.891. The molecule has 0 aliphatic heterocycles. The smallest absolute Gasteiger partial charge is 0.107 e. The van der Waals surface area contributed by atoms with Crippen LogP contribution in [0.15, 0.2) is 17.5 Å². The number of nitrogens with zero attached hydrogens (tertiary/aromatic N) is 1. The first kappa shape index (κ1) is 15.2. The lowest BCUT2D eigenvalue weighted by molar-refractivity contribution is 0.424. The Labute approximate surface area is 126 Å². The molecule has 2 aromatic rings. The molecule has 0 aliphatic carbocycles. The zero-order chi connectivity index (χ0) is 14.9. The van der Waals surface area contributed by atoms with Gasteiger partial charge in [0.1, 0.15) is 5.01 Å². The van der Waals surface area contributed by atoms with Gasteiger partial charge in [-0.2, -0.15) is 0 Å². The van der Waals surface area contributed by atoms with Gasteiger partial charge in [-0.3, -0.25) is 0 Å². The van der Waals surface area contributed by atoms with E-state index >= 15 is 0 Å². The van der Waals surface area contributed by atoms with E-state index in [4.69, 9.17) is 4.98 Å². The van der Waals surface area contributed by atoms with Gasteiger partial charge in [0.15, 0.2) is 0 Å². The Morgan fingerprint density at radius 2 is 1.70 bits per heavy atom. The molecule has 0 unspecified atom stereocenters. The monoisotopic (exact) mass is 288 g/mol. The van der Waals surface area contributed by atoms with E-state index < -0.39 is 0 Å². The highest BCUT2D eigenvalue weighted by atomic mass is 32.1. The maximum absolute atomic E-state index is 4.79. The van der Waals surface area contributed by atoms with Crippen molar-refractivity contribution in [3.05, 3.63) is 39.2 Å². The average Bonchev–Trinajstić information content (AvgIpc) is 2.72. The predicted molar refractivity (Wildman–Crippen MR) is 88.4 cm³/mol. The minimum atomic E-state index is 0.127. The molecular weight excluding hydrogens is 264 g/mol. The number of thiazole rings is 1. The summed E-state index contributed by atoms with van der Waals surface area (Å²) < 4.78 is 0. The largest absolute Gasteiger partial charge is 0.306 e. The van der Waals surface area contributed by atoms with Crippen LogP contribution in [-0.2, 0) is 6.54 Å². The zero-order valence-electron chi connectivity index (χ0n) is 13.3. The van der Waals surface area contributed by atoms with Crippen LogP contribution < -0.4 is 5.32 Å². The third-order valence-corrected chi connectivity index (χ3v) is 4.10. The Morgan fingerprint density at radius 3 is 2.25 bits per heavy atom. The second-order valence-electron chi connectivity index (χ2n) is 6.50. The lowest BCUT2D eigenvalue weighted by atomic mass is 9.98. The van der Waals surface area contributed by atoms with Gasteiger partial charge in [-0.25, -0.2) is 4.98 Å². The number of benzene rings is 1. The van der Waals surface area contributed by atoms with E-state index in [0.29, 0.717) is 0 Å². The van der Waals surface area contributed by atoms with E-state index in [1.54, 1.807) is 11.3 Å². The van der Waals surface area contributed by atoms with Crippen molar-refractivity contribution in [2.45, 2.75) is 53.6 Å². The Hall–Kier alpha value is -1.19. The van der Waals surface area contributed by atoms with E-state index in [0.717, 1.165) is 17.2 Å². The molecule has 0 atom stereocenters. The molecule has 0 bridgehead atoms. The summed E-state index contributed by atoms with van der Waals surface area (Å²) >= 11 is 1.73. The van der Waals surface area contributed by atoms with Gasteiger partial charge in [-0.1, -0.05) is 17.7 Å². The molecule has 0 saturated carbocycles. The van der Waals surface area contributed by atoms with Gasteiger partial charge < -0.3 is 5.32 Å². The summed E-state index contributed by atoms with van der Waals surface area (Å²) in [4.78, 5) is 4.79. The Morgan fingerprint density at radius 1 is 1.10 bits per heavy atom. The lowest BCUT2D eigenvalue weighted by Crippen LogP contribution is -2.34. The molecule has 2 rings (SSSR count). The second-order valence-corrected chi connectivity index (χ2v) is 7.45. The number of nitrogens with one attached hydrogen (secondary N) is 1. The van der Waals surface area contributed by atoms with Crippen molar-refractivity contribution in [1.82, 2.24) is 10.3 Å². The van der Waals surface area contributed by atoms with Crippen LogP contribution in [0, 0.1) is 20.8 Å². The molecule has 108 valence electrons. The van der Waals surface area contributed by atoms with Crippen molar-refractivity contribution in [2.75, 3.05) is 0 Å². The number of aromatic nitrogens is 1. The molecule has 2 nitrogen and oxygen atoms in total. The van der Waals surface area contributed by atoms with Crippen LogP contribution in [0.2, 0.25) is 0 Å². The molecule has 0 aliphatic rings. The van der Waals surface area contributed by atoms with Crippen molar-refractivity contribution < 1.29 is 0 Å². The van der Waals surface area contributed by atoms with E-state index in [-0.39, 0.29) is 5.54 Å². The summed E-state index contributed by atoms with van der Waals surface area (Å²) in [5, 5.41) is 6.81. The molecule has 20 heavy (non-hydrogen) atoms. The van der Waals surface area contributed by atoms with Crippen molar-refractivity contribution in [3.63, 3.8) is 0 Å². The highest BCUT2D eigenvalue weighted by Gasteiger charge is 2.13. The summed E-state index contributed by atoms with van der Waals surface area (Å²) in [5.41, 5.74) is 6.45. The van der Waals surface area contributed by atoms with Crippen LogP contribution in [0.25, 0.3) is 11.3 Å². The standard InChI is InChI=1S/C17H24N2S/c1-11-7-12(2)16(13(3)8-11)14-10-20-15(19-14)9-18-17(4,5)6/h7-8,10,18H,9H2,1-6H3. The van der Waals surface area contributed by atoms with Crippen molar-refractivity contribution in [1.29, 1.82) is 0 Å². The third-order valence-electron chi connectivity index (χ3n) is 3.25. The van der Waals surface area contributed by atoms with Crippen LogP contribution in [0.4, 0.5) is 0 Å². The normalized spacial score (nSPS) is 11.9. The molecule has 0 radical (unpaired) electrons. The van der Waals surface area contributed by atoms with E-state index in [9.17, 15) is 0 Å². The molecule has 0 amide bonds. The van der Waals surface area contributed by atoms with E-state index in [1.165, 1.54) is 22.3 Å². The summed E-state index contributed by atoms with van der Waals surface area (Å²) in [6, 6.07) is 4.46. The number of aryl methyl sites for hydroxylation is 3. The maximum atomic E-state index is 4.79. The SMILES string of the molecule is Cc1cc(C)c(-c2csc(CNC(C)(C)C)n2)c(C)c1. The average molecular weight is 288 g/mol. The van der Waals surface area contributed by atoms with Gasteiger partial charge in [0.05, 0.1) is 5.69 Å². The molecule has 1 heterocycles. The van der Waals surface area contributed by atoms with Gasteiger partial charge in [-0.05, 0) is 52.7 Å². The number of hydrogen-bond acceptors (Lipinski definition) is 3. The number of hydrogen-bond donors (Lipinski definition) is 1. The minimum Gasteiger partial charge on any atom is -0.306 e. The van der Waals surface area contributed by atoms with Crippen LogP contribution in [0.1, 0.15) is 42.5 Å². The van der Waals surface area contributed by atoms with Gasteiger partial charge in [0, 0.05) is 23.0 Å². The molecule has 1 aromatic heterocycles. The summed E-state index contributed by atoms with van der Waals surface area (Å²) in [6.45, 7) is 13.8. The van der Waals surface area contributed by atoms with Crippen LogP contribution in [0.3, 0.4) is 0 Å². The summed E-state index contributed by atoms with van der Waals surface area (Å²) in [7, 11) is 0. The fraction of sp³-hybridized carbons (Fsp3) is 0.471. The van der Waals surface area contributed by atoms with E-state index in [1.807, 2.05) is 0 Å². The third kappa shape index (κ3) is 3.68. The van der Waals surface area contributed by atoms with Crippen molar-refractivity contribution in [3.8, 4) is 11.3 Å². The van der Waals surface area contributed by atoms with Gasteiger partial charge in [0.2, 0.25) is 0 Å². The number of rotatable bonds is 3. The Bertz CT molecular complexity index is 583. The van der Waals surface area contributed by atoms with Crippen LogP contribution >= 0.6 is 11.3 Å². The Kier molecular flexibility index (Phi) is 4.31. The molecular formula is C17H24N2S. The summed E-state index contributed by atoms with van der Waals surface area (Å²) in [5.74, 6) is 0. The molecule has 1 aromatic carbocycles. The topological polar surface area (TPSA) is 24.9 Å². The molecule has 0 saturated heterocycles. The van der Waals surface area contributed by atoms with Crippen LogP contribution in [0.5, 0.6) is 0 Å². The Balaban J connectivity index is 2.25. The van der Waals surface area contributed by atoms with Gasteiger partial charge in [0.25, 0.3) is 0 Å². The highest BCUT2D eigenvalue weighted by Crippen LogP contribution is 2.29. The molecule has 3 heteroatoms. The first-order valence-corrected chi connectivity index (χ1v) is 7.92. The zero-order valence-corrected chi connectivity index (χ0v) is 14.1. The van der Waals surface area contributed by atoms with E-state index in [2.05, 4.69) is 64.4 Å². The molecule has 0 spiro atoms. The highest BCUT2D eigenvalue weighted by molar-refractivity contribution is 7.09. The van der Waals surface area contributed by atoms with Gasteiger partial charge >= 0.3 is 0 Å². The fourth-order valence-electron chi connectivity index (χ4n) is 2.43. The minimum absolute atomic E-state index is 0.127. The van der Waals surface area contributed by atoms with Crippen LogP contribution in [-0.4, -0.2) is 10.5 Å². The lowest BCUT2D eigenvalue weighted by Gasteiger charge is -2.19. The molecule has 1 N–H and O–H groups in total. The molecule has 0 fully saturated rings. The fourth-order valence-corrected chi connectivity index (χ4v) is 3.16. The first-order chi connectivity index (χ1) is 9.26. The predicted octanol–water partition coefficient (Wildman–Crippen LogP) is 4.62. The first-order valence-electron chi connectivity index (χ1n) is 7.04. The van der Waals surface area contributed by atoms with Crippen molar-refractivity contribution >= 4 is 11.3 Å².